The molecule has 3 heterocycles. The molecule has 11 aromatic rings. The van der Waals surface area contributed by atoms with E-state index in [2.05, 4.69) is 180 Å². The predicted octanol–water partition coefficient (Wildman–Crippen LogP) is 13.2. The van der Waals surface area contributed by atoms with E-state index in [1.807, 2.05) is 11.3 Å². The Morgan fingerprint density at radius 2 is 1.13 bits per heavy atom. The first-order chi connectivity index (χ1) is 25.8. The van der Waals surface area contributed by atoms with E-state index in [-0.39, 0.29) is 0 Å². The molecule has 0 N–H and O–H groups in total. The van der Waals surface area contributed by atoms with Gasteiger partial charge in [-0.3, -0.25) is 4.57 Å². The van der Waals surface area contributed by atoms with Gasteiger partial charge in [0.15, 0.2) is 0 Å². The summed E-state index contributed by atoms with van der Waals surface area (Å²) in [5.41, 5.74) is 9.90. The van der Waals surface area contributed by atoms with Crippen molar-refractivity contribution in [2.45, 2.75) is 0 Å². The van der Waals surface area contributed by atoms with Crippen LogP contribution in [0.25, 0.3) is 103 Å². The molecule has 0 radical (unpaired) electrons. The third kappa shape index (κ3) is 4.45. The minimum Gasteiger partial charge on any atom is -0.278 e. The van der Waals surface area contributed by atoms with Crippen molar-refractivity contribution in [3.63, 3.8) is 0 Å². The summed E-state index contributed by atoms with van der Waals surface area (Å²) >= 11 is 1.88. The molecule has 0 aliphatic rings. The Bertz CT molecular complexity index is 3190. The monoisotopic (exact) mass is 679 g/mol. The molecule has 0 saturated heterocycles. The number of aromatic nitrogens is 3. The van der Waals surface area contributed by atoms with Crippen LogP contribution in [0.5, 0.6) is 0 Å². The lowest BCUT2D eigenvalue weighted by molar-refractivity contribution is 1.01. The van der Waals surface area contributed by atoms with E-state index in [1.165, 1.54) is 58.4 Å². The number of hydrogen-bond donors (Lipinski definition) is 0. The standard InChI is InChI=1S/C48H29N3S/c1-2-12-30(13-3-1)32-14-10-15-34(28-32)46-38-17-4-7-21-41(38)49-48(50-46)51-42-22-8-5-18-39(42)45-40-29-33(25-24-31(40)26-27-43(45)51)35-19-11-20-37-36-16-6-9-23-44(36)52-47(35)37/h1-29H. The lowest BCUT2D eigenvalue weighted by Crippen LogP contribution is -2.03. The van der Waals surface area contributed by atoms with Crippen molar-refractivity contribution in [1.82, 2.24) is 14.5 Å². The van der Waals surface area contributed by atoms with Gasteiger partial charge in [-0.15, -0.1) is 11.3 Å². The van der Waals surface area contributed by atoms with Crippen LogP contribution >= 0.6 is 11.3 Å². The maximum absolute atomic E-state index is 5.40. The smallest absolute Gasteiger partial charge is 0.235 e. The molecule has 0 bridgehead atoms. The summed E-state index contributed by atoms with van der Waals surface area (Å²) in [7, 11) is 0. The highest BCUT2D eigenvalue weighted by atomic mass is 32.1. The van der Waals surface area contributed by atoms with Gasteiger partial charge in [-0.25, -0.2) is 9.97 Å². The van der Waals surface area contributed by atoms with E-state index in [1.54, 1.807) is 0 Å². The molecule has 0 unspecified atom stereocenters. The molecule has 0 aliphatic heterocycles. The Labute approximate surface area is 303 Å². The van der Waals surface area contributed by atoms with Crippen LogP contribution in [-0.4, -0.2) is 14.5 Å². The number of thiophene rings is 1. The van der Waals surface area contributed by atoms with Gasteiger partial charge < -0.3 is 0 Å². The van der Waals surface area contributed by atoms with E-state index in [4.69, 9.17) is 9.97 Å². The Morgan fingerprint density at radius 3 is 2.06 bits per heavy atom. The summed E-state index contributed by atoms with van der Waals surface area (Å²) in [6.07, 6.45) is 0. The van der Waals surface area contributed by atoms with Crippen molar-refractivity contribution in [2.24, 2.45) is 0 Å². The molecule has 0 aliphatic carbocycles. The molecule has 4 heteroatoms. The molecular formula is C48H29N3S. The maximum atomic E-state index is 5.40. The molecular weight excluding hydrogens is 651 g/mol. The minimum atomic E-state index is 0.663. The first-order valence-electron chi connectivity index (χ1n) is 17.6. The molecule has 0 amide bonds. The quantitative estimate of drug-likeness (QED) is 0.185. The van der Waals surface area contributed by atoms with Crippen molar-refractivity contribution in [3.05, 3.63) is 176 Å². The summed E-state index contributed by atoms with van der Waals surface area (Å²) in [5.74, 6) is 0.663. The van der Waals surface area contributed by atoms with Gasteiger partial charge in [-0.05, 0) is 69.4 Å². The Balaban J connectivity index is 1.16. The molecule has 0 saturated carbocycles. The number of hydrogen-bond acceptors (Lipinski definition) is 3. The fraction of sp³-hybridized carbons (Fsp3) is 0. The second kappa shape index (κ2) is 11.5. The lowest BCUT2D eigenvalue weighted by Gasteiger charge is -2.13. The largest absolute Gasteiger partial charge is 0.278 e. The van der Waals surface area contributed by atoms with Gasteiger partial charge in [0.25, 0.3) is 0 Å². The zero-order chi connectivity index (χ0) is 34.2. The first-order valence-corrected chi connectivity index (χ1v) is 18.4. The summed E-state index contributed by atoms with van der Waals surface area (Å²) in [6.45, 7) is 0. The predicted molar refractivity (Wildman–Crippen MR) is 221 cm³/mol. The van der Waals surface area contributed by atoms with Gasteiger partial charge in [0, 0.05) is 41.9 Å². The van der Waals surface area contributed by atoms with E-state index < -0.39 is 0 Å². The van der Waals surface area contributed by atoms with Gasteiger partial charge in [0.1, 0.15) is 0 Å². The molecule has 242 valence electrons. The van der Waals surface area contributed by atoms with Gasteiger partial charge in [-0.2, -0.15) is 0 Å². The molecule has 0 fully saturated rings. The highest BCUT2D eigenvalue weighted by Crippen LogP contribution is 2.43. The second-order valence-corrected chi connectivity index (χ2v) is 14.4. The zero-order valence-corrected chi connectivity index (χ0v) is 28.8. The highest BCUT2D eigenvalue weighted by molar-refractivity contribution is 7.26. The van der Waals surface area contributed by atoms with Crippen LogP contribution in [0, 0.1) is 0 Å². The van der Waals surface area contributed by atoms with Crippen molar-refractivity contribution in [1.29, 1.82) is 0 Å². The summed E-state index contributed by atoms with van der Waals surface area (Å²) in [6, 6.07) is 63.0. The van der Waals surface area contributed by atoms with Gasteiger partial charge >= 0.3 is 0 Å². The maximum Gasteiger partial charge on any atom is 0.235 e. The van der Waals surface area contributed by atoms with Crippen molar-refractivity contribution < 1.29 is 0 Å². The molecule has 8 aromatic carbocycles. The topological polar surface area (TPSA) is 30.7 Å². The molecule has 3 nitrogen and oxygen atoms in total. The normalized spacial score (nSPS) is 11.8. The van der Waals surface area contributed by atoms with E-state index in [0.717, 1.165) is 38.8 Å². The fourth-order valence-corrected chi connectivity index (χ4v) is 9.24. The molecule has 52 heavy (non-hydrogen) atoms. The van der Waals surface area contributed by atoms with Crippen molar-refractivity contribution in [3.8, 4) is 39.5 Å². The van der Waals surface area contributed by atoms with E-state index in [9.17, 15) is 0 Å². The van der Waals surface area contributed by atoms with Gasteiger partial charge in [0.05, 0.1) is 22.2 Å². The second-order valence-electron chi connectivity index (χ2n) is 13.4. The van der Waals surface area contributed by atoms with E-state index >= 15 is 0 Å². The van der Waals surface area contributed by atoms with Gasteiger partial charge in [0.2, 0.25) is 5.95 Å². The minimum absolute atomic E-state index is 0.663. The van der Waals surface area contributed by atoms with Crippen LogP contribution in [0.4, 0.5) is 0 Å². The summed E-state index contributed by atoms with van der Waals surface area (Å²) in [5, 5.41) is 8.49. The van der Waals surface area contributed by atoms with Crippen LogP contribution in [0.15, 0.2) is 176 Å². The van der Waals surface area contributed by atoms with Crippen LogP contribution in [0.1, 0.15) is 0 Å². The van der Waals surface area contributed by atoms with Crippen molar-refractivity contribution >= 4 is 75.0 Å². The highest BCUT2D eigenvalue weighted by Gasteiger charge is 2.20. The SMILES string of the molecule is c1ccc(-c2cccc(-c3nc(-n4c5ccccc5c5c6cc(-c7cccc8c7sc7ccccc78)ccc6ccc54)nc4ccccc34)c2)cc1. The van der Waals surface area contributed by atoms with Crippen LogP contribution in [0.2, 0.25) is 0 Å². The molecule has 0 atom stereocenters. The van der Waals surface area contributed by atoms with Gasteiger partial charge in [-0.1, -0.05) is 140 Å². The molecule has 3 aromatic heterocycles. The zero-order valence-electron chi connectivity index (χ0n) is 28.0. The summed E-state index contributed by atoms with van der Waals surface area (Å²) < 4.78 is 4.89. The molecule has 11 rings (SSSR count). The van der Waals surface area contributed by atoms with Crippen LogP contribution in [0.3, 0.4) is 0 Å². The van der Waals surface area contributed by atoms with Crippen molar-refractivity contribution in [2.75, 3.05) is 0 Å². The number of rotatable bonds is 4. The average Bonchev–Trinajstić information content (AvgIpc) is 3.77. The Morgan fingerprint density at radius 1 is 0.423 bits per heavy atom. The number of benzene rings is 8. The summed E-state index contributed by atoms with van der Waals surface area (Å²) in [4.78, 5) is 10.6. The third-order valence-corrected chi connectivity index (χ3v) is 11.6. The number of nitrogens with zero attached hydrogens (tertiary/aromatic N) is 3. The Kier molecular flexibility index (Phi) is 6.42. The van der Waals surface area contributed by atoms with Crippen LogP contribution in [-0.2, 0) is 0 Å². The number of para-hydroxylation sites is 2. The number of fused-ring (bicyclic) bond motifs is 9. The van der Waals surface area contributed by atoms with E-state index in [0.29, 0.717) is 5.95 Å². The van der Waals surface area contributed by atoms with Crippen LogP contribution < -0.4 is 0 Å². The third-order valence-electron chi connectivity index (χ3n) is 10.4. The molecule has 0 spiro atoms. The Hall–Kier alpha value is -6.62. The fourth-order valence-electron chi connectivity index (χ4n) is 8.01. The first kappa shape index (κ1) is 29.1. The lowest BCUT2D eigenvalue weighted by atomic mass is 9.97. The average molecular weight is 680 g/mol.